The minimum Gasteiger partial charge on any atom is -0.495 e. The lowest BCUT2D eigenvalue weighted by Crippen LogP contribution is -2.16. The third kappa shape index (κ3) is 4.98. The molecule has 0 radical (unpaired) electrons. The molecular formula is C23H21ClFN3O5. The van der Waals surface area contributed by atoms with Crippen molar-refractivity contribution in [3.8, 4) is 5.75 Å². The fourth-order valence-electron chi connectivity index (χ4n) is 3.33. The number of methoxy groups -OCH3 is 2. The highest BCUT2D eigenvalue weighted by atomic mass is 35.5. The van der Waals surface area contributed by atoms with Gasteiger partial charge in [-0.25, -0.2) is 9.18 Å². The first-order chi connectivity index (χ1) is 15.7. The van der Waals surface area contributed by atoms with Crippen molar-refractivity contribution < 1.29 is 28.2 Å². The summed E-state index contributed by atoms with van der Waals surface area (Å²) >= 11 is 5.74. The molecule has 0 aliphatic rings. The molecule has 1 aromatic heterocycles. The van der Waals surface area contributed by atoms with Gasteiger partial charge in [-0.3, -0.25) is 9.59 Å². The highest BCUT2D eigenvalue weighted by Gasteiger charge is 2.23. The van der Waals surface area contributed by atoms with Crippen LogP contribution in [0.1, 0.15) is 42.5 Å². The van der Waals surface area contributed by atoms with Crippen LogP contribution in [0, 0.1) is 19.7 Å². The van der Waals surface area contributed by atoms with Gasteiger partial charge >= 0.3 is 5.97 Å². The molecule has 0 atom stereocenters. The normalized spacial score (nSPS) is 10.5. The zero-order valence-corrected chi connectivity index (χ0v) is 19.0. The topological polar surface area (TPSA) is 110 Å². The maximum absolute atomic E-state index is 14.1. The Morgan fingerprint density at radius 1 is 1.00 bits per heavy atom. The van der Waals surface area contributed by atoms with Crippen molar-refractivity contribution >= 4 is 40.8 Å². The molecule has 0 aliphatic heterocycles. The fourth-order valence-corrected chi connectivity index (χ4v) is 3.48. The van der Waals surface area contributed by atoms with Crippen LogP contribution in [-0.2, 0) is 4.74 Å². The number of aromatic amines is 1. The van der Waals surface area contributed by atoms with Crippen LogP contribution in [0.25, 0.3) is 0 Å². The van der Waals surface area contributed by atoms with E-state index in [9.17, 15) is 18.8 Å². The van der Waals surface area contributed by atoms with E-state index in [2.05, 4.69) is 15.6 Å². The van der Waals surface area contributed by atoms with Gasteiger partial charge in [0.15, 0.2) is 0 Å². The molecule has 0 aliphatic carbocycles. The van der Waals surface area contributed by atoms with E-state index in [1.54, 1.807) is 19.9 Å². The van der Waals surface area contributed by atoms with Crippen LogP contribution in [0.15, 0.2) is 36.4 Å². The molecule has 1 heterocycles. The van der Waals surface area contributed by atoms with Gasteiger partial charge in [-0.2, -0.15) is 0 Å². The van der Waals surface area contributed by atoms with Gasteiger partial charge in [-0.15, -0.1) is 0 Å². The predicted molar refractivity (Wildman–Crippen MR) is 122 cm³/mol. The monoisotopic (exact) mass is 473 g/mol. The molecule has 10 heteroatoms. The van der Waals surface area contributed by atoms with E-state index >= 15 is 0 Å². The standard InChI is InChI=1S/C23H21ClFN3O5/c1-11-19(23(31)33-4)12(2)26-20(11)22(30)27-14-6-8-18(32-3)17(10-14)28-21(29)15-7-5-13(24)9-16(15)25/h5-10,26H,1-4H3,(H,27,30)(H,28,29). The van der Waals surface area contributed by atoms with E-state index in [0.717, 1.165) is 6.07 Å². The van der Waals surface area contributed by atoms with Crippen molar-refractivity contribution in [3.05, 3.63) is 75.3 Å². The number of ether oxygens (including phenoxy) is 2. The van der Waals surface area contributed by atoms with Gasteiger partial charge in [-0.1, -0.05) is 11.6 Å². The molecule has 2 aromatic carbocycles. The summed E-state index contributed by atoms with van der Waals surface area (Å²) in [7, 11) is 2.67. The summed E-state index contributed by atoms with van der Waals surface area (Å²) in [5, 5.41) is 5.43. The number of carbonyl (C=O) groups excluding carboxylic acids is 3. The summed E-state index contributed by atoms with van der Waals surface area (Å²) < 4.78 is 24.1. The van der Waals surface area contributed by atoms with Crippen molar-refractivity contribution in [1.29, 1.82) is 0 Å². The molecule has 3 N–H and O–H groups in total. The molecule has 0 unspecified atom stereocenters. The average molecular weight is 474 g/mol. The van der Waals surface area contributed by atoms with Crippen LogP contribution in [-0.4, -0.2) is 37.0 Å². The molecule has 8 nitrogen and oxygen atoms in total. The first-order valence-corrected chi connectivity index (χ1v) is 10.1. The first kappa shape index (κ1) is 23.8. The smallest absolute Gasteiger partial charge is 0.339 e. The molecule has 0 saturated carbocycles. The molecule has 0 saturated heterocycles. The van der Waals surface area contributed by atoms with Gasteiger partial charge in [0, 0.05) is 16.4 Å². The highest BCUT2D eigenvalue weighted by molar-refractivity contribution is 6.30. The molecule has 33 heavy (non-hydrogen) atoms. The third-order valence-corrected chi connectivity index (χ3v) is 5.17. The van der Waals surface area contributed by atoms with E-state index in [1.165, 1.54) is 38.5 Å². The van der Waals surface area contributed by atoms with Crippen LogP contribution in [0.3, 0.4) is 0 Å². The third-order valence-electron chi connectivity index (χ3n) is 4.94. The van der Waals surface area contributed by atoms with Crippen molar-refractivity contribution in [2.75, 3.05) is 24.9 Å². The van der Waals surface area contributed by atoms with E-state index < -0.39 is 23.6 Å². The van der Waals surface area contributed by atoms with Gasteiger partial charge in [0.25, 0.3) is 11.8 Å². The average Bonchev–Trinajstić information content (AvgIpc) is 3.07. The van der Waals surface area contributed by atoms with E-state index in [4.69, 9.17) is 21.1 Å². The van der Waals surface area contributed by atoms with E-state index in [-0.39, 0.29) is 27.5 Å². The SMILES string of the molecule is COC(=O)c1c(C)[nH]c(C(=O)Nc2ccc(OC)c(NC(=O)c3ccc(Cl)cc3F)c2)c1C. The lowest BCUT2D eigenvalue weighted by molar-refractivity contribution is 0.0599. The Balaban J connectivity index is 1.86. The van der Waals surface area contributed by atoms with Gasteiger partial charge in [0.05, 0.1) is 31.0 Å². The van der Waals surface area contributed by atoms with Gasteiger partial charge in [-0.05, 0) is 55.8 Å². The molecular weight excluding hydrogens is 453 g/mol. The number of H-pyrrole nitrogens is 1. The number of benzene rings is 2. The molecule has 0 fully saturated rings. The van der Waals surface area contributed by atoms with Crippen molar-refractivity contribution in [2.45, 2.75) is 13.8 Å². The Bertz CT molecular complexity index is 1260. The Morgan fingerprint density at radius 2 is 1.73 bits per heavy atom. The number of rotatable bonds is 6. The number of amides is 2. The summed E-state index contributed by atoms with van der Waals surface area (Å²) in [6.45, 7) is 3.29. The summed E-state index contributed by atoms with van der Waals surface area (Å²) in [5.74, 6) is -2.25. The maximum atomic E-state index is 14.1. The minimum atomic E-state index is -0.776. The van der Waals surface area contributed by atoms with E-state index in [1.807, 2.05) is 0 Å². The Morgan fingerprint density at radius 3 is 2.36 bits per heavy atom. The van der Waals surface area contributed by atoms with Gasteiger partial charge in [0.2, 0.25) is 0 Å². The molecule has 3 rings (SSSR count). The van der Waals surface area contributed by atoms with Crippen LogP contribution in [0.2, 0.25) is 5.02 Å². The van der Waals surface area contributed by atoms with Crippen molar-refractivity contribution in [1.82, 2.24) is 4.98 Å². The van der Waals surface area contributed by atoms with Crippen LogP contribution in [0.5, 0.6) is 5.75 Å². The van der Waals surface area contributed by atoms with Gasteiger partial charge in [0.1, 0.15) is 17.3 Å². The molecule has 2 amide bonds. The quantitative estimate of drug-likeness (QED) is 0.448. The summed E-state index contributed by atoms with van der Waals surface area (Å²) in [4.78, 5) is 40.2. The number of anilines is 2. The second kappa shape index (κ2) is 9.74. The number of hydrogen-bond acceptors (Lipinski definition) is 5. The Labute approximate surface area is 194 Å². The molecule has 172 valence electrons. The number of aryl methyl sites for hydroxylation is 1. The van der Waals surface area contributed by atoms with Crippen LogP contribution >= 0.6 is 11.6 Å². The summed E-state index contributed by atoms with van der Waals surface area (Å²) in [6.07, 6.45) is 0. The number of esters is 1. The van der Waals surface area contributed by atoms with E-state index in [0.29, 0.717) is 22.7 Å². The number of hydrogen-bond donors (Lipinski definition) is 3. The summed E-state index contributed by atoms with van der Waals surface area (Å²) in [6, 6.07) is 8.27. The maximum Gasteiger partial charge on any atom is 0.339 e. The lowest BCUT2D eigenvalue weighted by atomic mass is 10.1. The van der Waals surface area contributed by atoms with Crippen LogP contribution in [0.4, 0.5) is 15.8 Å². The molecule has 0 spiro atoms. The fraction of sp³-hybridized carbons (Fsp3) is 0.174. The lowest BCUT2D eigenvalue weighted by Gasteiger charge is -2.13. The second-order valence-electron chi connectivity index (χ2n) is 7.06. The first-order valence-electron chi connectivity index (χ1n) is 9.69. The van der Waals surface area contributed by atoms with Crippen LogP contribution < -0.4 is 15.4 Å². The largest absolute Gasteiger partial charge is 0.495 e. The zero-order chi connectivity index (χ0) is 24.3. The summed E-state index contributed by atoms with van der Waals surface area (Å²) in [5.41, 5.74) is 1.76. The predicted octanol–water partition coefficient (Wildman–Crippen LogP) is 4.72. The Kier molecular flexibility index (Phi) is 7.03. The van der Waals surface area contributed by atoms with Gasteiger partial charge < -0.3 is 25.1 Å². The second-order valence-corrected chi connectivity index (χ2v) is 7.50. The zero-order valence-electron chi connectivity index (χ0n) is 18.3. The van der Waals surface area contributed by atoms with Crippen molar-refractivity contribution in [2.24, 2.45) is 0 Å². The van der Waals surface area contributed by atoms with Crippen molar-refractivity contribution in [3.63, 3.8) is 0 Å². The molecule has 3 aromatic rings. The number of aromatic nitrogens is 1. The minimum absolute atomic E-state index is 0.163. The number of halogens is 2. The molecule has 0 bridgehead atoms. The Hall–Kier alpha value is -3.85. The number of nitrogens with one attached hydrogen (secondary N) is 3. The number of carbonyl (C=O) groups is 3. The highest BCUT2D eigenvalue weighted by Crippen LogP contribution is 2.29.